The molecule has 0 aliphatic rings. The molecule has 0 aliphatic carbocycles. The van der Waals surface area contributed by atoms with Crippen LogP contribution in [0.25, 0.3) is 5.69 Å². The summed E-state index contributed by atoms with van der Waals surface area (Å²) in [5.74, 6) is -0.548. The summed E-state index contributed by atoms with van der Waals surface area (Å²) in [4.78, 5) is 13.1. The van der Waals surface area contributed by atoms with Crippen molar-refractivity contribution in [2.45, 2.75) is 46.4 Å². The van der Waals surface area contributed by atoms with E-state index in [1.54, 1.807) is 42.6 Å². The van der Waals surface area contributed by atoms with Crippen molar-refractivity contribution in [1.29, 1.82) is 0 Å². The second kappa shape index (κ2) is 11.3. The number of nitrogens with zero attached hydrogens (tertiary/aromatic N) is 3. The van der Waals surface area contributed by atoms with Gasteiger partial charge in [0.2, 0.25) is 0 Å². The number of aromatic nitrogens is 1. The van der Waals surface area contributed by atoms with Crippen LogP contribution in [0.1, 0.15) is 39.2 Å². The third-order valence-corrected chi connectivity index (χ3v) is 8.30. The Bertz CT molecular complexity index is 1630. The van der Waals surface area contributed by atoms with Crippen molar-refractivity contribution in [3.8, 4) is 5.69 Å². The quantitative estimate of drug-likeness (QED) is 0.230. The first-order chi connectivity index (χ1) is 18.5. The molecule has 39 heavy (non-hydrogen) atoms. The van der Waals surface area contributed by atoms with Gasteiger partial charge in [-0.2, -0.15) is 5.10 Å². The Labute approximate surface area is 230 Å². The fraction of sp³-hybridized carbons (Fsp3) is 0.226. The van der Waals surface area contributed by atoms with Crippen molar-refractivity contribution >= 4 is 27.8 Å². The van der Waals surface area contributed by atoms with E-state index in [1.165, 1.54) is 0 Å². The van der Waals surface area contributed by atoms with E-state index in [-0.39, 0.29) is 4.90 Å². The molecule has 0 saturated heterocycles. The van der Waals surface area contributed by atoms with E-state index in [2.05, 4.69) is 34.2 Å². The number of sulfonamides is 1. The van der Waals surface area contributed by atoms with Gasteiger partial charge in [-0.05, 0) is 101 Å². The minimum absolute atomic E-state index is 0.118. The molecule has 0 fully saturated rings. The summed E-state index contributed by atoms with van der Waals surface area (Å²) in [6.07, 6.45) is 1.59. The van der Waals surface area contributed by atoms with Gasteiger partial charge in [0.25, 0.3) is 15.9 Å². The summed E-state index contributed by atoms with van der Waals surface area (Å²) < 4.78 is 30.6. The second-order valence-electron chi connectivity index (χ2n) is 9.96. The summed E-state index contributed by atoms with van der Waals surface area (Å²) in [6, 6.07) is 22.3. The van der Waals surface area contributed by atoms with Crippen LogP contribution in [-0.2, 0) is 14.8 Å². The lowest BCUT2D eigenvalue weighted by atomic mass is 10.1. The van der Waals surface area contributed by atoms with Gasteiger partial charge in [-0.25, -0.2) is 13.8 Å². The normalized spacial score (nSPS) is 11.6. The Morgan fingerprint density at radius 3 is 2.15 bits per heavy atom. The zero-order chi connectivity index (χ0) is 28.3. The van der Waals surface area contributed by atoms with Crippen LogP contribution in [-0.4, -0.2) is 31.7 Å². The molecule has 0 bridgehead atoms. The molecule has 0 atom stereocenters. The number of carbonyl (C=O) groups excluding carboxylic acids is 1. The predicted octanol–water partition coefficient (Wildman–Crippen LogP) is 5.67. The van der Waals surface area contributed by atoms with Crippen LogP contribution < -0.4 is 9.73 Å². The fourth-order valence-corrected chi connectivity index (χ4v) is 6.07. The van der Waals surface area contributed by atoms with Crippen LogP contribution in [0.5, 0.6) is 0 Å². The van der Waals surface area contributed by atoms with Crippen molar-refractivity contribution in [2.24, 2.45) is 5.10 Å². The molecule has 4 aromatic rings. The van der Waals surface area contributed by atoms with Gasteiger partial charge in [0.15, 0.2) is 0 Å². The van der Waals surface area contributed by atoms with Crippen molar-refractivity contribution in [3.63, 3.8) is 0 Å². The van der Waals surface area contributed by atoms with E-state index >= 15 is 0 Å². The molecule has 202 valence electrons. The number of rotatable bonds is 8. The Morgan fingerprint density at radius 2 is 1.51 bits per heavy atom. The summed E-state index contributed by atoms with van der Waals surface area (Å²) in [7, 11) is -4.00. The van der Waals surface area contributed by atoms with Crippen molar-refractivity contribution < 1.29 is 13.2 Å². The molecular formula is C31H34N4O3S. The molecule has 1 heterocycles. The number of hydrazone groups is 1. The van der Waals surface area contributed by atoms with Gasteiger partial charge >= 0.3 is 0 Å². The van der Waals surface area contributed by atoms with Crippen LogP contribution in [0.15, 0.2) is 82.8 Å². The lowest BCUT2D eigenvalue weighted by molar-refractivity contribution is -0.119. The van der Waals surface area contributed by atoms with Gasteiger partial charge in [0.05, 0.1) is 16.8 Å². The lowest BCUT2D eigenvalue weighted by Gasteiger charge is -2.24. The SMILES string of the molecule is Cc1ccc(S(=O)(=O)N(CC(=O)N/N=C/c2cc(C)n(-c3cccc(C)c3)c2C)c2cc(C)cc(C)c2)cc1. The average Bonchev–Trinajstić information content (AvgIpc) is 3.14. The zero-order valence-electron chi connectivity index (χ0n) is 23.2. The van der Waals surface area contributed by atoms with Crippen molar-refractivity contribution in [1.82, 2.24) is 9.99 Å². The molecule has 0 aliphatic heterocycles. The van der Waals surface area contributed by atoms with E-state index in [0.29, 0.717) is 5.69 Å². The second-order valence-corrected chi connectivity index (χ2v) is 11.8. The van der Waals surface area contributed by atoms with Gasteiger partial charge in [-0.1, -0.05) is 35.9 Å². The van der Waals surface area contributed by atoms with Crippen molar-refractivity contribution in [3.05, 3.63) is 112 Å². The number of aryl methyl sites for hydroxylation is 5. The Kier molecular flexibility index (Phi) is 8.06. The highest BCUT2D eigenvalue weighted by molar-refractivity contribution is 7.92. The van der Waals surface area contributed by atoms with E-state index < -0.39 is 22.5 Å². The fourth-order valence-electron chi connectivity index (χ4n) is 4.67. The first-order valence-corrected chi connectivity index (χ1v) is 14.2. The third-order valence-electron chi connectivity index (χ3n) is 6.51. The van der Waals surface area contributed by atoms with Gasteiger partial charge < -0.3 is 4.57 Å². The summed E-state index contributed by atoms with van der Waals surface area (Å²) >= 11 is 0. The molecule has 0 radical (unpaired) electrons. The molecule has 8 heteroatoms. The Morgan fingerprint density at radius 1 is 0.846 bits per heavy atom. The summed E-state index contributed by atoms with van der Waals surface area (Å²) in [6.45, 7) is 11.3. The first kappa shape index (κ1) is 27.9. The minimum Gasteiger partial charge on any atom is -0.318 e. The van der Waals surface area contributed by atoms with Gasteiger partial charge in [0.1, 0.15) is 6.54 Å². The van der Waals surface area contributed by atoms with E-state index in [1.807, 2.05) is 58.9 Å². The molecule has 0 saturated carbocycles. The number of benzene rings is 3. The molecule has 1 amide bonds. The van der Waals surface area contributed by atoms with Crippen LogP contribution in [0, 0.1) is 41.5 Å². The van der Waals surface area contributed by atoms with Crippen molar-refractivity contribution in [2.75, 3.05) is 10.8 Å². The maximum atomic E-state index is 13.6. The predicted molar refractivity (Wildman–Crippen MR) is 157 cm³/mol. The first-order valence-electron chi connectivity index (χ1n) is 12.7. The number of hydrogen-bond acceptors (Lipinski definition) is 4. The Balaban J connectivity index is 1.58. The molecule has 0 unspecified atom stereocenters. The average molecular weight is 543 g/mol. The van der Waals surface area contributed by atoms with Crippen LogP contribution in [0.4, 0.5) is 5.69 Å². The summed E-state index contributed by atoms with van der Waals surface area (Å²) in [5.41, 5.74) is 10.8. The highest BCUT2D eigenvalue weighted by Gasteiger charge is 2.27. The number of amides is 1. The van der Waals surface area contributed by atoms with Gasteiger partial charge in [0, 0.05) is 22.6 Å². The number of nitrogens with one attached hydrogen (secondary N) is 1. The largest absolute Gasteiger partial charge is 0.318 e. The third kappa shape index (κ3) is 6.29. The Hall–Kier alpha value is -4.17. The van der Waals surface area contributed by atoms with Crippen LogP contribution in [0.2, 0.25) is 0 Å². The molecule has 4 rings (SSSR count). The highest BCUT2D eigenvalue weighted by Crippen LogP contribution is 2.26. The van der Waals surface area contributed by atoms with Gasteiger partial charge in [-0.3, -0.25) is 9.10 Å². The number of anilines is 1. The number of carbonyl (C=O) groups is 1. The molecule has 0 spiro atoms. The molecule has 3 aromatic carbocycles. The molecule has 1 N–H and O–H groups in total. The maximum absolute atomic E-state index is 13.6. The molecular weight excluding hydrogens is 508 g/mol. The minimum atomic E-state index is -4.00. The standard InChI is InChI=1S/C31H34N4O3S/c1-21-10-12-30(13-11-21)39(37,38)34(29-16-23(3)14-24(4)17-29)20-31(36)33-32-19-27-18-25(5)35(26(27)6)28-9-7-8-22(2)15-28/h7-19H,20H2,1-6H3,(H,33,36)/b32-19+. The molecule has 7 nitrogen and oxygen atoms in total. The maximum Gasteiger partial charge on any atom is 0.264 e. The molecule has 1 aromatic heterocycles. The smallest absolute Gasteiger partial charge is 0.264 e. The van der Waals surface area contributed by atoms with Gasteiger partial charge in [-0.15, -0.1) is 0 Å². The highest BCUT2D eigenvalue weighted by atomic mass is 32.2. The zero-order valence-corrected chi connectivity index (χ0v) is 24.0. The van der Waals surface area contributed by atoms with E-state index in [4.69, 9.17) is 0 Å². The lowest BCUT2D eigenvalue weighted by Crippen LogP contribution is -2.39. The monoisotopic (exact) mass is 542 g/mol. The van der Waals surface area contributed by atoms with Crippen LogP contribution >= 0.6 is 0 Å². The number of hydrogen-bond donors (Lipinski definition) is 1. The topological polar surface area (TPSA) is 83.8 Å². The van der Waals surface area contributed by atoms with E-state index in [9.17, 15) is 13.2 Å². The van der Waals surface area contributed by atoms with E-state index in [0.717, 1.165) is 49.2 Å². The summed E-state index contributed by atoms with van der Waals surface area (Å²) in [5, 5.41) is 4.16. The van der Waals surface area contributed by atoms with Crippen LogP contribution in [0.3, 0.4) is 0 Å².